The van der Waals surface area contributed by atoms with Crippen molar-refractivity contribution < 1.29 is 19.0 Å². The van der Waals surface area contributed by atoms with Gasteiger partial charge in [-0.1, -0.05) is 12.1 Å². The van der Waals surface area contributed by atoms with E-state index in [2.05, 4.69) is 5.32 Å². The van der Waals surface area contributed by atoms with Gasteiger partial charge < -0.3 is 25.3 Å². The average Bonchev–Trinajstić information content (AvgIpc) is 2.94. The summed E-state index contributed by atoms with van der Waals surface area (Å²) >= 11 is 0. The Bertz CT molecular complexity index is 452. The maximum absolute atomic E-state index is 11.9. The molecule has 1 amide bonds. The number of carbonyl (C=O) groups excluding carboxylic acids is 1. The van der Waals surface area contributed by atoms with Crippen LogP contribution in [0.3, 0.4) is 0 Å². The van der Waals surface area contributed by atoms with Crippen LogP contribution in [-0.2, 0) is 14.3 Å². The van der Waals surface area contributed by atoms with Gasteiger partial charge in [-0.3, -0.25) is 4.79 Å². The highest BCUT2D eigenvalue weighted by Gasteiger charge is 2.20. The SMILES string of the molecule is COCC(N)C(=O)Nc1ccccc1OC1CCOC1.Cl. The highest BCUT2D eigenvalue weighted by molar-refractivity contribution is 5.96. The van der Waals surface area contributed by atoms with Crippen molar-refractivity contribution in [1.82, 2.24) is 0 Å². The Balaban J connectivity index is 0.00000220. The minimum atomic E-state index is -0.706. The van der Waals surface area contributed by atoms with Crippen LogP contribution in [-0.4, -0.2) is 45.0 Å². The summed E-state index contributed by atoms with van der Waals surface area (Å²) in [7, 11) is 1.50. The molecular formula is C14H21ClN2O4. The number of nitrogens with one attached hydrogen (secondary N) is 1. The van der Waals surface area contributed by atoms with E-state index in [1.807, 2.05) is 18.2 Å². The van der Waals surface area contributed by atoms with E-state index < -0.39 is 6.04 Å². The third-order valence-electron chi connectivity index (χ3n) is 3.01. The second-order valence-corrected chi connectivity index (χ2v) is 4.65. The maximum Gasteiger partial charge on any atom is 0.243 e. The Morgan fingerprint density at radius 2 is 2.29 bits per heavy atom. The number of hydrogen-bond donors (Lipinski definition) is 2. The Morgan fingerprint density at radius 1 is 1.52 bits per heavy atom. The van der Waals surface area contributed by atoms with Crippen LogP contribution in [0.5, 0.6) is 5.75 Å². The number of benzene rings is 1. The Morgan fingerprint density at radius 3 is 2.95 bits per heavy atom. The van der Waals surface area contributed by atoms with Crippen molar-refractivity contribution >= 4 is 24.0 Å². The van der Waals surface area contributed by atoms with E-state index in [-0.39, 0.29) is 31.0 Å². The van der Waals surface area contributed by atoms with Crippen molar-refractivity contribution in [1.29, 1.82) is 0 Å². The fraction of sp³-hybridized carbons (Fsp3) is 0.500. The first-order chi connectivity index (χ1) is 9.70. The summed E-state index contributed by atoms with van der Waals surface area (Å²) in [6.07, 6.45) is 0.881. The van der Waals surface area contributed by atoms with Gasteiger partial charge in [-0.05, 0) is 12.1 Å². The molecule has 1 aliphatic heterocycles. The summed E-state index contributed by atoms with van der Waals surface area (Å²) in [5.74, 6) is 0.325. The summed E-state index contributed by atoms with van der Waals surface area (Å²) < 4.78 is 16.0. The Labute approximate surface area is 130 Å². The van der Waals surface area contributed by atoms with Gasteiger partial charge in [0.1, 0.15) is 17.9 Å². The first-order valence-electron chi connectivity index (χ1n) is 6.59. The van der Waals surface area contributed by atoms with Crippen molar-refractivity contribution in [2.24, 2.45) is 5.73 Å². The Hall–Kier alpha value is -1.34. The van der Waals surface area contributed by atoms with Gasteiger partial charge in [0.2, 0.25) is 5.91 Å². The number of para-hydroxylation sites is 2. The van der Waals surface area contributed by atoms with E-state index in [0.29, 0.717) is 24.7 Å². The summed E-state index contributed by atoms with van der Waals surface area (Å²) in [4.78, 5) is 11.9. The van der Waals surface area contributed by atoms with Gasteiger partial charge in [-0.2, -0.15) is 0 Å². The first kappa shape index (κ1) is 17.7. The predicted octanol–water partition coefficient (Wildman–Crippen LogP) is 1.19. The van der Waals surface area contributed by atoms with Crippen LogP contribution in [0.25, 0.3) is 0 Å². The summed E-state index contributed by atoms with van der Waals surface area (Å²) in [5.41, 5.74) is 6.30. The molecule has 0 aliphatic carbocycles. The van der Waals surface area contributed by atoms with Crippen molar-refractivity contribution in [3.05, 3.63) is 24.3 Å². The minimum Gasteiger partial charge on any atom is -0.486 e. The summed E-state index contributed by atoms with van der Waals surface area (Å²) in [6, 6.07) is 6.58. The monoisotopic (exact) mass is 316 g/mol. The molecule has 1 aliphatic rings. The first-order valence-corrected chi connectivity index (χ1v) is 6.59. The van der Waals surface area contributed by atoms with Crippen LogP contribution in [0.1, 0.15) is 6.42 Å². The van der Waals surface area contributed by atoms with Crippen LogP contribution >= 0.6 is 12.4 Å². The molecule has 118 valence electrons. The van der Waals surface area contributed by atoms with E-state index in [1.54, 1.807) is 6.07 Å². The van der Waals surface area contributed by atoms with Gasteiger partial charge in [0.05, 0.1) is 25.5 Å². The molecule has 0 radical (unpaired) electrons. The van der Waals surface area contributed by atoms with E-state index in [0.717, 1.165) is 6.42 Å². The zero-order valence-corrected chi connectivity index (χ0v) is 12.7. The molecule has 1 aromatic carbocycles. The van der Waals surface area contributed by atoms with Crippen molar-refractivity contribution in [2.75, 3.05) is 32.2 Å². The smallest absolute Gasteiger partial charge is 0.243 e. The van der Waals surface area contributed by atoms with E-state index in [1.165, 1.54) is 7.11 Å². The topological polar surface area (TPSA) is 82.8 Å². The minimum absolute atomic E-state index is 0. The third kappa shape index (κ3) is 5.17. The fourth-order valence-electron chi connectivity index (χ4n) is 1.94. The summed E-state index contributed by atoms with van der Waals surface area (Å²) in [6.45, 7) is 1.45. The zero-order chi connectivity index (χ0) is 14.4. The second-order valence-electron chi connectivity index (χ2n) is 4.65. The molecule has 2 atom stereocenters. The maximum atomic E-state index is 11.9. The largest absolute Gasteiger partial charge is 0.486 e. The molecule has 2 unspecified atom stereocenters. The standard InChI is InChI=1S/C14H20N2O4.ClH/c1-18-9-11(15)14(17)16-12-4-2-3-5-13(12)20-10-6-7-19-8-10;/h2-5,10-11H,6-9,15H2,1H3,(H,16,17);1H. The molecule has 1 saturated heterocycles. The van der Waals surface area contributed by atoms with Gasteiger partial charge in [-0.15, -0.1) is 12.4 Å². The molecule has 7 heteroatoms. The van der Waals surface area contributed by atoms with Gasteiger partial charge in [0.25, 0.3) is 0 Å². The second kappa shape index (κ2) is 8.84. The molecule has 0 bridgehead atoms. The molecule has 1 heterocycles. The van der Waals surface area contributed by atoms with Crippen LogP contribution < -0.4 is 15.8 Å². The van der Waals surface area contributed by atoms with Crippen LogP contribution in [0.2, 0.25) is 0 Å². The molecule has 21 heavy (non-hydrogen) atoms. The number of amides is 1. The van der Waals surface area contributed by atoms with Crippen LogP contribution in [0, 0.1) is 0 Å². The third-order valence-corrected chi connectivity index (χ3v) is 3.01. The number of rotatable bonds is 6. The number of hydrogen-bond acceptors (Lipinski definition) is 5. The van der Waals surface area contributed by atoms with Gasteiger partial charge >= 0.3 is 0 Å². The Kier molecular flexibility index (Phi) is 7.45. The summed E-state index contributed by atoms with van der Waals surface area (Å²) in [5, 5.41) is 2.76. The van der Waals surface area contributed by atoms with Crippen LogP contribution in [0.4, 0.5) is 5.69 Å². The molecular weight excluding hydrogens is 296 g/mol. The lowest BCUT2D eigenvalue weighted by molar-refractivity contribution is -0.118. The lowest BCUT2D eigenvalue weighted by Crippen LogP contribution is -2.39. The zero-order valence-electron chi connectivity index (χ0n) is 11.9. The van der Waals surface area contributed by atoms with Crippen molar-refractivity contribution in [2.45, 2.75) is 18.6 Å². The normalized spacial score (nSPS) is 18.7. The molecule has 0 saturated carbocycles. The molecule has 0 aromatic heterocycles. The number of ether oxygens (including phenoxy) is 3. The molecule has 1 fully saturated rings. The van der Waals surface area contributed by atoms with E-state index in [9.17, 15) is 4.79 Å². The average molecular weight is 317 g/mol. The fourth-order valence-corrected chi connectivity index (χ4v) is 1.94. The van der Waals surface area contributed by atoms with Crippen LogP contribution in [0.15, 0.2) is 24.3 Å². The number of nitrogens with two attached hydrogens (primary N) is 1. The predicted molar refractivity (Wildman–Crippen MR) is 82.0 cm³/mol. The van der Waals surface area contributed by atoms with Crippen molar-refractivity contribution in [3.63, 3.8) is 0 Å². The number of anilines is 1. The molecule has 1 aromatic rings. The van der Waals surface area contributed by atoms with E-state index in [4.69, 9.17) is 19.9 Å². The lowest BCUT2D eigenvalue weighted by Gasteiger charge is -2.17. The highest BCUT2D eigenvalue weighted by atomic mass is 35.5. The molecule has 3 N–H and O–H groups in total. The van der Waals surface area contributed by atoms with Gasteiger partial charge in [-0.25, -0.2) is 0 Å². The molecule has 6 nitrogen and oxygen atoms in total. The number of methoxy groups -OCH3 is 1. The lowest BCUT2D eigenvalue weighted by atomic mass is 10.2. The molecule has 0 spiro atoms. The molecule has 2 rings (SSSR count). The van der Waals surface area contributed by atoms with Gasteiger partial charge in [0, 0.05) is 13.5 Å². The van der Waals surface area contributed by atoms with E-state index >= 15 is 0 Å². The number of halogens is 1. The van der Waals surface area contributed by atoms with Crippen molar-refractivity contribution in [3.8, 4) is 5.75 Å². The van der Waals surface area contributed by atoms with Gasteiger partial charge in [0.15, 0.2) is 0 Å². The quantitative estimate of drug-likeness (QED) is 0.823. The highest BCUT2D eigenvalue weighted by Crippen LogP contribution is 2.26. The number of carbonyl (C=O) groups is 1.